The van der Waals surface area contributed by atoms with Gasteiger partial charge >= 0.3 is 5.97 Å². The maximum atomic E-state index is 14.8. The number of nitrogens with zero attached hydrogens (tertiary/aromatic N) is 2. The highest BCUT2D eigenvalue weighted by Crippen LogP contribution is 2.16. The lowest BCUT2D eigenvalue weighted by atomic mass is 9.98. The van der Waals surface area contributed by atoms with Crippen LogP contribution in [0.25, 0.3) is 0 Å². The number of amides is 13. The van der Waals surface area contributed by atoms with Gasteiger partial charge in [0.05, 0.1) is 36.5 Å². The maximum absolute atomic E-state index is 14.8. The van der Waals surface area contributed by atoms with Crippen LogP contribution in [0.4, 0.5) is 0 Å². The molecule has 0 aliphatic heterocycles. The van der Waals surface area contributed by atoms with E-state index in [0.29, 0.717) is 23.1 Å². The summed E-state index contributed by atoms with van der Waals surface area (Å²) in [6, 6.07) is 5.71. The van der Waals surface area contributed by atoms with Crippen LogP contribution in [0.15, 0.2) is 110 Å². The third-order valence-electron chi connectivity index (χ3n) is 17.3. The summed E-state index contributed by atoms with van der Waals surface area (Å²) in [7, 11) is 0. The molecule has 0 aliphatic carbocycles. The molecule has 5 rings (SSSR count). The number of carboxylic acids is 1. The van der Waals surface area contributed by atoms with Gasteiger partial charge in [0.2, 0.25) is 76.8 Å². The van der Waals surface area contributed by atoms with E-state index in [1.54, 1.807) is 102 Å². The topological polar surface area (TPSA) is 573 Å². The second-order valence-corrected chi connectivity index (χ2v) is 27.5. The Labute approximate surface area is 625 Å². The number of hydrogen-bond acceptors (Lipinski definition) is 19. The fourth-order valence-corrected chi connectivity index (χ4v) is 11.3. The van der Waals surface area contributed by atoms with Crippen molar-refractivity contribution in [1.82, 2.24) is 78.4 Å². The number of hydrogen-bond donors (Lipinski definition) is 19. The number of aromatic amines is 2. The van der Waals surface area contributed by atoms with Crippen LogP contribution in [0.5, 0.6) is 5.75 Å². The van der Waals surface area contributed by atoms with Gasteiger partial charge in [-0.25, -0.2) is 9.97 Å². The van der Waals surface area contributed by atoms with Crippen molar-refractivity contribution in [2.75, 3.05) is 6.54 Å². The summed E-state index contributed by atoms with van der Waals surface area (Å²) in [5.74, 6) is -14.9. The molecule has 3 aromatic carbocycles. The Bertz CT molecular complexity index is 3810. The second-order valence-electron chi connectivity index (χ2n) is 27.5. The smallest absolute Gasteiger partial charge is 0.325 e. The van der Waals surface area contributed by atoms with Gasteiger partial charge in [-0.1, -0.05) is 114 Å². The number of nitrogens with one attached hydrogen (secondary N) is 13. The predicted octanol–water partition coefficient (Wildman–Crippen LogP) is -2.26. The summed E-state index contributed by atoms with van der Waals surface area (Å²) in [4.78, 5) is 208. The van der Waals surface area contributed by atoms with Crippen molar-refractivity contribution in [3.8, 4) is 5.75 Å². The molecule has 5 aromatic rings. The maximum Gasteiger partial charge on any atom is 0.325 e. The van der Waals surface area contributed by atoms with Crippen LogP contribution >= 0.6 is 0 Å². The van der Waals surface area contributed by atoms with Crippen LogP contribution in [-0.4, -0.2) is 192 Å². The molecule has 0 saturated heterocycles. The molecule has 0 bridgehead atoms. The van der Waals surface area contributed by atoms with Gasteiger partial charge in [0.25, 0.3) is 0 Å². The number of carboxylic acid groups (broad SMARTS) is 1. The minimum Gasteiger partial charge on any atom is -0.508 e. The summed E-state index contributed by atoms with van der Waals surface area (Å²) in [6.45, 7) is 11.4. The first-order chi connectivity index (χ1) is 51.2. The van der Waals surface area contributed by atoms with Gasteiger partial charge in [-0.15, -0.1) is 0 Å². The SMILES string of the molecule is CC(C)C[C@H](NC(=O)[C@H](CCCCN)NC(=O)[C@H](CCC(N)=O)NC(=O)[C@H](Cc1c[nH]cn1)NC(=O)[C@H](Cc1c[nH]cn1)NC(=O)[C@@H](NC(=O)[C@H](CC(N)=O)NC(=O)[C@@H](N)Cc1ccc(O)cc1)C(C)C)C(=O)N[C@H](C(=O)N[C@@H](Cc1ccccc1)C(=O)N[C@@H](Cc1ccccc1)C(=O)N[C@@H](C)C(=O)O)C(C)C. The average Bonchev–Trinajstić information content (AvgIpc) is 0.900. The summed E-state index contributed by atoms with van der Waals surface area (Å²) >= 11 is 0. The normalized spacial score (nSPS) is 14.6. The average molecular weight is 1500 g/mol. The molecule has 23 N–H and O–H groups in total. The fraction of sp³-hybridized carbons (Fsp3) is 0.479. The number of carbonyl (C=O) groups excluding carboxylic acids is 13. The van der Waals surface area contributed by atoms with E-state index in [9.17, 15) is 77.3 Å². The van der Waals surface area contributed by atoms with Crippen molar-refractivity contribution in [2.24, 2.45) is 40.7 Å². The van der Waals surface area contributed by atoms with Crippen molar-refractivity contribution in [1.29, 1.82) is 0 Å². The summed E-state index contributed by atoms with van der Waals surface area (Å²) < 4.78 is 0. The lowest BCUT2D eigenvalue weighted by Gasteiger charge is -2.30. The number of phenolic OH excluding ortho intramolecular Hbond substituents is 1. The number of aromatic nitrogens is 4. The lowest BCUT2D eigenvalue weighted by molar-refractivity contribution is -0.142. The van der Waals surface area contributed by atoms with Gasteiger partial charge in [-0.05, 0) is 98.6 Å². The van der Waals surface area contributed by atoms with Crippen LogP contribution in [0.1, 0.15) is 121 Å². The summed E-state index contributed by atoms with van der Waals surface area (Å²) in [5, 5.41) is 48.0. The van der Waals surface area contributed by atoms with Gasteiger partial charge in [-0.3, -0.25) is 67.1 Å². The van der Waals surface area contributed by atoms with E-state index in [1.807, 2.05) is 0 Å². The molecule has 0 radical (unpaired) electrons. The molecule has 586 valence electrons. The van der Waals surface area contributed by atoms with Crippen LogP contribution in [0, 0.1) is 17.8 Å². The van der Waals surface area contributed by atoms with Crippen molar-refractivity contribution >= 4 is 82.8 Å². The third-order valence-corrected chi connectivity index (χ3v) is 17.3. The van der Waals surface area contributed by atoms with E-state index in [4.69, 9.17) is 22.9 Å². The first-order valence-corrected chi connectivity index (χ1v) is 35.6. The largest absolute Gasteiger partial charge is 0.508 e. The Morgan fingerprint density at radius 1 is 0.417 bits per heavy atom. The first kappa shape index (κ1) is 87.0. The molecule has 35 nitrogen and oxygen atoms in total. The van der Waals surface area contributed by atoms with E-state index in [0.717, 1.165) is 0 Å². The number of rotatable bonds is 46. The fourth-order valence-electron chi connectivity index (χ4n) is 11.3. The highest BCUT2D eigenvalue weighted by atomic mass is 16.4. The van der Waals surface area contributed by atoms with Gasteiger partial charge in [0.15, 0.2) is 0 Å². The molecule has 108 heavy (non-hydrogen) atoms. The zero-order valence-corrected chi connectivity index (χ0v) is 61.6. The number of aromatic hydroxyl groups is 1. The Morgan fingerprint density at radius 2 is 0.796 bits per heavy atom. The Hall–Kier alpha value is -11.6. The van der Waals surface area contributed by atoms with E-state index in [-0.39, 0.29) is 81.0 Å². The Morgan fingerprint density at radius 3 is 1.20 bits per heavy atom. The minimum absolute atomic E-state index is 0.0136. The third kappa shape index (κ3) is 29.7. The highest BCUT2D eigenvalue weighted by molar-refractivity contribution is 6.00. The standard InChI is InChI=1S/C73H103N19O16/c1-39(2)28-52(69(103)91-60(40(3)4)71(105)89-54(31-44-18-12-9-13-19-44)66(100)87-53(30-43-16-10-8-11-17-43)65(99)82-42(7)73(107)108)86-63(97)50(20-14-15-27-74)83-64(98)51(25-26-58(76)94)84-67(101)55(32-46-35-78-37-80-46)88-68(102)56(33-47-36-79-38-81-47)90-72(106)61(41(5)6)92-70(104)57(34-59(77)95)85-62(96)49(75)29-45-21-23-48(93)24-22-45/h8-13,16-19,21-24,35-42,49-57,60-61,93H,14-15,20,25-34,74-75H2,1-7H3,(H2,76,94)(H2,77,95)(H,78,80)(H,79,81)(H,82,99)(H,83,98)(H,84,101)(H,85,96)(H,86,97)(H,87,100)(H,88,102)(H,89,105)(H,90,106)(H,91,103)(H,92,104)(H,107,108)/t42-,49-,50-,51-,52-,53-,54-,55-,56-,57-,60-,61-/m0/s1. The van der Waals surface area contributed by atoms with Crippen LogP contribution in [0.3, 0.4) is 0 Å². The summed E-state index contributed by atoms with van der Waals surface area (Å²) in [6.07, 6.45) is 3.42. The number of nitrogens with two attached hydrogens (primary N) is 4. The van der Waals surface area contributed by atoms with E-state index in [1.165, 1.54) is 56.2 Å². The molecular weight excluding hydrogens is 1400 g/mol. The molecule has 13 amide bonds. The molecule has 12 atom stereocenters. The molecular formula is C73H103N19O16. The Kier molecular flexibility index (Phi) is 35.2. The molecule has 0 unspecified atom stereocenters. The monoisotopic (exact) mass is 1500 g/mol. The second kappa shape index (κ2) is 43.7. The van der Waals surface area contributed by atoms with E-state index < -0.39 is 186 Å². The highest BCUT2D eigenvalue weighted by Gasteiger charge is 2.39. The molecule has 2 heterocycles. The Balaban J connectivity index is 1.37. The van der Waals surface area contributed by atoms with Crippen LogP contribution in [0.2, 0.25) is 0 Å². The van der Waals surface area contributed by atoms with Crippen molar-refractivity contribution in [2.45, 2.75) is 198 Å². The number of aliphatic carboxylic acids is 1. The number of carbonyl (C=O) groups is 14. The van der Waals surface area contributed by atoms with Gasteiger partial charge in [0.1, 0.15) is 72.2 Å². The molecule has 35 heteroatoms. The lowest BCUT2D eigenvalue weighted by Crippen LogP contribution is -2.62. The number of primary amides is 2. The van der Waals surface area contributed by atoms with Crippen molar-refractivity contribution in [3.63, 3.8) is 0 Å². The summed E-state index contributed by atoms with van der Waals surface area (Å²) in [5.41, 5.74) is 25.4. The molecule has 0 aliphatic rings. The molecule has 2 aromatic heterocycles. The zero-order valence-electron chi connectivity index (χ0n) is 61.6. The van der Waals surface area contributed by atoms with Gasteiger partial charge < -0.3 is 102 Å². The number of unbranched alkanes of at least 4 members (excludes halogenated alkanes) is 1. The van der Waals surface area contributed by atoms with Gasteiger partial charge in [-0.2, -0.15) is 0 Å². The van der Waals surface area contributed by atoms with Crippen molar-refractivity contribution < 1.29 is 77.3 Å². The number of benzene rings is 3. The van der Waals surface area contributed by atoms with Crippen molar-refractivity contribution in [3.05, 3.63) is 138 Å². The quantitative estimate of drug-likeness (QED) is 0.0183. The van der Waals surface area contributed by atoms with E-state index >= 15 is 0 Å². The predicted molar refractivity (Wildman–Crippen MR) is 393 cm³/mol. The number of phenols is 1. The molecule has 0 fully saturated rings. The molecule has 0 saturated carbocycles. The van der Waals surface area contributed by atoms with E-state index in [2.05, 4.69) is 78.4 Å². The van der Waals surface area contributed by atoms with Crippen LogP contribution in [-0.2, 0) is 99.2 Å². The van der Waals surface area contributed by atoms with Gasteiger partial charge in [0, 0.05) is 44.5 Å². The van der Waals surface area contributed by atoms with Crippen LogP contribution < -0.4 is 81.4 Å². The number of imidazole rings is 2. The number of H-pyrrole nitrogens is 2. The minimum atomic E-state index is -1.66. The zero-order chi connectivity index (χ0) is 79.7. The first-order valence-electron chi connectivity index (χ1n) is 35.6. The molecule has 0 spiro atoms.